The van der Waals surface area contributed by atoms with Crippen molar-refractivity contribution in [3.63, 3.8) is 0 Å². The summed E-state index contributed by atoms with van der Waals surface area (Å²) in [5.74, 6) is 0.684. The predicted octanol–water partition coefficient (Wildman–Crippen LogP) is 4.17. The van der Waals surface area contributed by atoms with Crippen LogP contribution in [0.4, 0.5) is 4.39 Å². The van der Waals surface area contributed by atoms with Gasteiger partial charge in [0.05, 0.1) is 25.0 Å². The Morgan fingerprint density at radius 1 is 0.861 bits per heavy atom. The molecular formula is C27H30FN7O. The predicted molar refractivity (Wildman–Crippen MR) is 135 cm³/mol. The summed E-state index contributed by atoms with van der Waals surface area (Å²) in [5, 5.41) is 8.90. The molecular weight excluding hydrogens is 457 g/mol. The Morgan fingerprint density at radius 2 is 1.61 bits per heavy atom. The van der Waals surface area contributed by atoms with E-state index in [1.807, 2.05) is 50.2 Å². The molecule has 2 atom stereocenters. The van der Waals surface area contributed by atoms with Gasteiger partial charge in [-0.25, -0.2) is 14.4 Å². The molecule has 0 N–H and O–H groups in total. The van der Waals surface area contributed by atoms with E-state index in [1.54, 1.807) is 4.68 Å². The lowest BCUT2D eigenvalue weighted by Crippen LogP contribution is -2.50. The van der Waals surface area contributed by atoms with Crippen LogP contribution in [0.1, 0.15) is 25.3 Å². The first kappa shape index (κ1) is 23.0. The Labute approximate surface area is 209 Å². The van der Waals surface area contributed by atoms with Crippen LogP contribution in [0.15, 0.2) is 61.4 Å². The van der Waals surface area contributed by atoms with Gasteiger partial charge in [-0.05, 0) is 30.9 Å². The van der Waals surface area contributed by atoms with Gasteiger partial charge in [-0.2, -0.15) is 10.2 Å². The van der Waals surface area contributed by atoms with Crippen molar-refractivity contribution in [1.82, 2.24) is 34.4 Å². The number of alkyl halides is 1. The zero-order valence-corrected chi connectivity index (χ0v) is 20.4. The maximum Gasteiger partial charge on any atom is 0.159 e. The average Bonchev–Trinajstić information content (AvgIpc) is 3.59. The summed E-state index contributed by atoms with van der Waals surface area (Å²) in [6.45, 7) is 2.66. The first-order chi connectivity index (χ1) is 17.6. The Balaban J connectivity index is 1.12. The highest BCUT2D eigenvalue weighted by atomic mass is 19.1. The second-order valence-corrected chi connectivity index (χ2v) is 9.70. The molecule has 0 bridgehead atoms. The van der Waals surface area contributed by atoms with Crippen LogP contribution in [0.5, 0.6) is 0 Å². The summed E-state index contributed by atoms with van der Waals surface area (Å²) in [5.41, 5.74) is 5.05. The zero-order chi connectivity index (χ0) is 24.5. The third-order valence-electron chi connectivity index (χ3n) is 7.34. The van der Waals surface area contributed by atoms with E-state index < -0.39 is 6.17 Å². The number of aryl methyl sites for hydroxylation is 1. The molecule has 36 heavy (non-hydrogen) atoms. The van der Waals surface area contributed by atoms with Crippen LogP contribution < -0.4 is 0 Å². The van der Waals surface area contributed by atoms with Crippen LogP contribution in [0.3, 0.4) is 0 Å². The molecule has 3 aromatic heterocycles. The van der Waals surface area contributed by atoms with Crippen LogP contribution in [0.2, 0.25) is 0 Å². The van der Waals surface area contributed by atoms with Crippen LogP contribution in [0.25, 0.3) is 33.6 Å². The standard InChI is InChI=1S/C27H30FN7O/c1-33-16-22(14-31-33)19-3-2-4-20(11-19)27-29-12-21(13-30-27)23-15-32-35(17-23)24-5-8-34(9-6-24)26-7-10-36-18-25(26)28/h2-4,11-17,24-26H,5-10,18H2,1H3/t25-,26?/m0/s1. The van der Waals surface area contributed by atoms with Gasteiger partial charge in [0.25, 0.3) is 0 Å². The van der Waals surface area contributed by atoms with Gasteiger partial charge in [0, 0.05) is 79.8 Å². The normalized spacial score (nSPS) is 21.6. The van der Waals surface area contributed by atoms with Crippen molar-refractivity contribution in [3.05, 3.63) is 61.4 Å². The highest BCUT2D eigenvalue weighted by Gasteiger charge is 2.33. The molecule has 1 unspecified atom stereocenters. The lowest BCUT2D eigenvalue weighted by molar-refractivity contribution is -0.0361. The largest absolute Gasteiger partial charge is 0.378 e. The fourth-order valence-electron chi connectivity index (χ4n) is 5.31. The number of ether oxygens (including phenoxy) is 1. The van der Waals surface area contributed by atoms with E-state index in [1.165, 1.54) is 0 Å². The molecule has 0 aliphatic carbocycles. The summed E-state index contributed by atoms with van der Waals surface area (Å²) in [6.07, 6.45) is 13.3. The molecule has 5 heterocycles. The number of hydrogen-bond donors (Lipinski definition) is 0. The third-order valence-corrected chi connectivity index (χ3v) is 7.34. The van der Waals surface area contributed by atoms with Crippen LogP contribution >= 0.6 is 0 Å². The van der Waals surface area contributed by atoms with E-state index in [9.17, 15) is 4.39 Å². The molecule has 186 valence electrons. The molecule has 0 amide bonds. The molecule has 1 aromatic carbocycles. The van der Waals surface area contributed by atoms with E-state index in [0.717, 1.165) is 60.2 Å². The lowest BCUT2D eigenvalue weighted by atomic mass is 9.99. The van der Waals surface area contributed by atoms with Gasteiger partial charge in [0.15, 0.2) is 5.82 Å². The monoisotopic (exact) mass is 487 g/mol. The van der Waals surface area contributed by atoms with Crippen LogP contribution in [-0.4, -0.2) is 72.9 Å². The highest BCUT2D eigenvalue weighted by Crippen LogP contribution is 2.29. The third kappa shape index (κ3) is 4.68. The van der Waals surface area contributed by atoms with E-state index in [0.29, 0.717) is 18.5 Å². The number of rotatable bonds is 5. The summed E-state index contributed by atoms with van der Waals surface area (Å²) >= 11 is 0. The van der Waals surface area contributed by atoms with Crippen LogP contribution in [0, 0.1) is 0 Å². The Morgan fingerprint density at radius 3 is 2.36 bits per heavy atom. The molecule has 2 fully saturated rings. The van der Waals surface area contributed by atoms with Gasteiger partial charge in [0.1, 0.15) is 6.17 Å². The quantitative estimate of drug-likeness (QED) is 0.421. The fourth-order valence-corrected chi connectivity index (χ4v) is 5.31. The van der Waals surface area contributed by atoms with Crippen molar-refractivity contribution < 1.29 is 9.13 Å². The maximum absolute atomic E-state index is 14.3. The minimum atomic E-state index is -0.882. The zero-order valence-electron chi connectivity index (χ0n) is 20.4. The maximum atomic E-state index is 14.3. The lowest BCUT2D eigenvalue weighted by Gasteiger charge is -2.40. The average molecular weight is 488 g/mol. The number of benzene rings is 1. The summed E-state index contributed by atoms with van der Waals surface area (Å²) < 4.78 is 23.4. The molecule has 4 aromatic rings. The number of piperidine rings is 1. The minimum absolute atomic E-state index is 0.00593. The van der Waals surface area contributed by atoms with Crippen molar-refractivity contribution in [2.45, 2.75) is 37.5 Å². The molecule has 2 aliphatic heterocycles. The number of likely N-dealkylation sites (tertiary alicyclic amines) is 1. The van der Waals surface area contributed by atoms with E-state index in [-0.39, 0.29) is 12.6 Å². The van der Waals surface area contributed by atoms with E-state index in [4.69, 9.17) is 4.74 Å². The first-order valence-electron chi connectivity index (χ1n) is 12.6. The van der Waals surface area contributed by atoms with Gasteiger partial charge in [-0.1, -0.05) is 18.2 Å². The van der Waals surface area contributed by atoms with Crippen molar-refractivity contribution in [3.8, 4) is 33.6 Å². The van der Waals surface area contributed by atoms with E-state index >= 15 is 0 Å². The van der Waals surface area contributed by atoms with Crippen molar-refractivity contribution >= 4 is 0 Å². The van der Waals surface area contributed by atoms with Gasteiger partial charge in [-0.15, -0.1) is 0 Å². The van der Waals surface area contributed by atoms with Gasteiger partial charge >= 0.3 is 0 Å². The molecule has 6 rings (SSSR count). The van der Waals surface area contributed by atoms with E-state index in [2.05, 4.69) is 48.1 Å². The Bertz CT molecular complexity index is 1310. The minimum Gasteiger partial charge on any atom is -0.378 e. The number of nitrogens with zero attached hydrogens (tertiary/aromatic N) is 7. The smallest absolute Gasteiger partial charge is 0.159 e. The summed E-state index contributed by atoms with van der Waals surface area (Å²) in [7, 11) is 1.91. The second kappa shape index (κ2) is 9.91. The molecule has 0 radical (unpaired) electrons. The first-order valence-corrected chi connectivity index (χ1v) is 12.6. The Kier molecular flexibility index (Phi) is 6.33. The molecule has 9 heteroatoms. The Hall–Kier alpha value is -3.43. The number of aromatic nitrogens is 6. The van der Waals surface area contributed by atoms with Gasteiger partial charge in [-0.3, -0.25) is 14.3 Å². The number of hydrogen-bond acceptors (Lipinski definition) is 6. The molecule has 8 nitrogen and oxygen atoms in total. The van der Waals surface area contributed by atoms with Crippen LogP contribution in [-0.2, 0) is 11.8 Å². The molecule has 0 spiro atoms. The summed E-state index contributed by atoms with van der Waals surface area (Å²) in [4.78, 5) is 11.6. The second-order valence-electron chi connectivity index (χ2n) is 9.70. The number of halogens is 1. The van der Waals surface area contributed by atoms with Crippen molar-refractivity contribution in [2.75, 3.05) is 26.3 Å². The molecule has 0 saturated carbocycles. The van der Waals surface area contributed by atoms with Crippen molar-refractivity contribution in [1.29, 1.82) is 0 Å². The van der Waals surface area contributed by atoms with Gasteiger partial charge in [0.2, 0.25) is 0 Å². The molecule has 2 aliphatic rings. The SMILES string of the molecule is Cn1cc(-c2cccc(-c3ncc(-c4cnn(C5CCN(C6CCOC[C@@H]6F)CC5)c4)cn3)c2)cn1. The fraction of sp³-hybridized carbons (Fsp3) is 0.407. The van der Waals surface area contributed by atoms with Gasteiger partial charge < -0.3 is 4.74 Å². The highest BCUT2D eigenvalue weighted by molar-refractivity contribution is 5.70. The topological polar surface area (TPSA) is 73.9 Å². The molecule has 2 saturated heterocycles. The summed E-state index contributed by atoms with van der Waals surface area (Å²) in [6, 6.07) is 8.50. The van der Waals surface area contributed by atoms with Crippen molar-refractivity contribution in [2.24, 2.45) is 7.05 Å².